The Hall–Kier alpha value is -0.770. The first kappa shape index (κ1) is 13.7. The molecule has 1 heterocycles. The highest BCUT2D eigenvalue weighted by molar-refractivity contribution is 6.33. The monoisotopic (exact) mass is 268 g/mol. The van der Waals surface area contributed by atoms with Crippen molar-refractivity contribution in [2.75, 3.05) is 25.2 Å². The third-order valence-corrected chi connectivity index (χ3v) is 3.92. The molecule has 2 N–H and O–H groups in total. The second-order valence-corrected chi connectivity index (χ2v) is 5.36. The molecule has 100 valence electrons. The Labute approximate surface area is 114 Å². The standard InChI is InChI=1S/C14H21ClN2O/c1-10(16)11-3-4-14(13(15)9-11)17(2)12-5-7-18-8-6-12/h3-4,9-10,12H,5-8,16H2,1-2H3. The van der Waals surface area contributed by atoms with Gasteiger partial charge in [0, 0.05) is 32.3 Å². The molecule has 1 aromatic carbocycles. The number of hydrogen-bond donors (Lipinski definition) is 1. The molecule has 1 unspecified atom stereocenters. The second-order valence-electron chi connectivity index (χ2n) is 4.95. The maximum absolute atomic E-state index is 6.36. The molecule has 1 atom stereocenters. The first-order chi connectivity index (χ1) is 8.59. The molecule has 0 spiro atoms. The summed E-state index contributed by atoms with van der Waals surface area (Å²) in [5.74, 6) is 0. The Morgan fingerprint density at radius 3 is 2.61 bits per heavy atom. The van der Waals surface area contributed by atoms with Crippen LogP contribution in [0.15, 0.2) is 18.2 Å². The summed E-state index contributed by atoms with van der Waals surface area (Å²) in [6, 6.07) is 6.62. The van der Waals surface area contributed by atoms with Crippen molar-refractivity contribution < 1.29 is 4.74 Å². The zero-order chi connectivity index (χ0) is 13.1. The van der Waals surface area contributed by atoms with Crippen molar-refractivity contribution >= 4 is 17.3 Å². The summed E-state index contributed by atoms with van der Waals surface area (Å²) >= 11 is 6.36. The molecule has 0 amide bonds. The summed E-state index contributed by atoms with van der Waals surface area (Å²) in [6.07, 6.45) is 2.11. The van der Waals surface area contributed by atoms with Crippen molar-refractivity contribution in [3.8, 4) is 0 Å². The highest BCUT2D eigenvalue weighted by atomic mass is 35.5. The van der Waals surface area contributed by atoms with E-state index in [1.165, 1.54) is 0 Å². The molecular weight excluding hydrogens is 248 g/mol. The zero-order valence-corrected chi connectivity index (χ0v) is 11.8. The summed E-state index contributed by atoms with van der Waals surface area (Å²) < 4.78 is 5.39. The smallest absolute Gasteiger partial charge is 0.0642 e. The van der Waals surface area contributed by atoms with Gasteiger partial charge in [-0.05, 0) is 37.5 Å². The van der Waals surface area contributed by atoms with Gasteiger partial charge in [-0.2, -0.15) is 0 Å². The van der Waals surface area contributed by atoms with Crippen LogP contribution in [0.5, 0.6) is 0 Å². The van der Waals surface area contributed by atoms with Gasteiger partial charge < -0.3 is 15.4 Å². The van der Waals surface area contributed by atoms with Gasteiger partial charge in [-0.15, -0.1) is 0 Å². The number of benzene rings is 1. The predicted octanol–water partition coefficient (Wildman–Crippen LogP) is 2.97. The third-order valence-electron chi connectivity index (χ3n) is 3.62. The average Bonchev–Trinajstić information content (AvgIpc) is 2.38. The van der Waals surface area contributed by atoms with Gasteiger partial charge in [0.15, 0.2) is 0 Å². The van der Waals surface area contributed by atoms with Gasteiger partial charge in [0.05, 0.1) is 10.7 Å². The van der Waals surface area contributed by atoms with Crippen LogP contribution in [-0.2, 0) is 4.74 Å². The van der Waals surface area contributed by atoms with Crippen molar-refractivity contribution in [2.45, 2.75) is 31.8 Å². The van der Waals surface area contributed by atoms with E-state index in [0.717, 1.165) is 42.3 Å². The molecule has 4 heteroatoms. The lowest BCUT2D eigenvalue weighted by molar-refractivity contribution is 0.0855. The third kappa shape index (κ3) is 2.97. The maximum atomic E-state index is 6.36. The number of ether oxygens (including phenoxy) is 1. The quantitative estimate of drug-likeness (QED) is 0.916. The predicted molar refractivity (Wildman–Crippen MR) is 76.3 cm³/mol. The maximum Gasteiger partial charge on any atom is 0.0642 e. The summed E-state index contributed by atoms with van der Waals surface area (Å²) in [5, 5.41) is 0.777. The minimum Gasteiger partial charge on any atom is -0.381 e. The van der Waals surface area contributed by atoms with Crippen molar-refractivity contribution in [3.63, 3.8) is 0 Å². The second kappa shape index (κ2) is 5.91. The van der Waals surface area contributed by atoms with E-state index in [-0.39, 0.29) is 6.04 Å². The number of hydrogen-bond acceptors (Lipinski definition) is 3. The van der Waals surface area contributed by atoms with Gasteiger partial charge in [0.2, 0.25) is 0 Å². The minimum atomic E-state index is 0.0185. The Bertz CT molecular complexity index is 403. The highest BCUT2D eigenvalue weighted by Gasteiger charge is 2.20. The fourth-order valence-electron chi connectivity index (χ4n) is 2.36. The van der Waals surface area contributed by atoms with E-state index < -0.39 is 0 Å². The summed E-state index contributed by atoms with van der Waals surface area (Å²) in [4.78, 5) is 2.26. The van der Waals surface area contributed by atoms with Gasteiger partial charge >= 0.3 is 0 Å². The molecule has 0 bridgehead atoms. The number of nitrogens with two attached hydrogens (primary N) is 1. The van der Waals surface area contributed by atoms with E-state index in [0.29, 0.717) is 6.04 Å². The van der Waals surface area contributed by atoms with E-state index in [1.54, 1.807) is 0 Å². The Morgan fingerprint density at radius 1 is 1.39 bits per heavy atom. The van der Waals surface area contributed by atoms with Crippen LogP contribution in [0.3, 0.4) is 0 Å². The average molecular weight is 269 g/mol. The molecule has 0 saturated carbocycles. The number of anilines is 1. The van der Waals surface area contributed by atoms with Gasteiger partial charge in [-0.25, -0.2) is 0 Å². The van der Waals surface area contributed by atoms with E-state index in [9.17, 15) is 0 Å². The van der Waals surface area contributed by atoms with Crippen LogP contribution >= 0.6 is 11.6 Å². The zero-order valence-electron chi connectivity index (χ0n) is 11.0. The van der Waals surface area contributed by atoms with Crippen LogP contribution in [-0.4, -0.2) is 26.3 Å². The topological polar surface area (TPSA) is 38.5 Å². The normalized spacial score (nSPS) is 18.7. The lowest BCUT2D eigenvalue weighted by Crippen LogP contribution is -2.36. The molecule has 0 radical (unpaired) electrons. The Kier molecular flexibility index (Phi) is 4.49. The molecule has 1 aliphatic rings. The fourth-order valence-corrected chi connectivity index (χ4v) is 2.68. The summed E-state index contributed by atoms with van der Waals surface area (Å²) in [7, 11) is 2.10. The van der Waals surface area contributed by atoms with Crippen LogP contribution in [0.1, 0.15) is 31.4 Å². The molecule has 1 fully saturated rings. The van der Waals surface area contributed by atoms with Crippen molar-refractivity contribution in [2.24, 2.45) is 5.73 Å². The Balaban J connectivity index is 2.16. The van der Waals surface area contributed by atoms with Gasteiger partial charge in [-0.3, -0.25) is 0 Å². The first-order valence-electron chi connectivity index (χ1n) is 6.45. The van der Waals surface area contributed by atoms with E-state index >= 15 is 0 Å². The van der Waals surface area contributed by atoms with Crippen molar-refractivity contribution in [1.82, 2.24) is 0 Å². The SMILES string of the molecule is CC(N)c1ccc(N(C)C2CCOCC2)c(Cl)c1. The number of rotatable bonds is 3. The summed E-state index contributed by atoms with van der Waals surface area (Å²) in [6.45, 7) is 3.64. The van der Waals surface area contributed by atoms with Gasteiger partial charge in [0.25, 0.3) is 0 Å². The number of halogens is 1. The Morgan fingerprint density at radius 2 is 2.06 bits per heavy atom. The number of nitrogens with zero attached hydrogens (tertiary/aromatic N) is 1. The van der Waals surface area contributed by atoms with Crippen molar-refractivity contribution in [1.29, 1.82) is 0 Å². The van der Waals surface area contributed by atoms with Crippen LogP contribution in [0, 0.1) is 0 Å². The van der Waals surface area contributed by atoms with Crippen LogP contribution in [0.25, 0.3) is 0 Å². The fraction of sp³-hybridized carbons (Fsp3) is 0.571. The van der Waals surface area contributed by atoms with Crippen LogP contribution < -0.4 is 10.6 Å². The molecule has 1 saturated heterocycles. The largest absolute Gasteiger partial charge is 0.381 e. The lowest BCUT2D eigenvalue weighted by atomic mass is 10.0. The molecule has 1 aromatic rings. The molecule has 0 aromatic heterocycles. The minimum absolute atomic E-state index is 0.0185. The van der Waals surface area contributed by atoms with Gasteiger partial charge in [0.1, 0.15) is 0 Å². The molecular formula is C14H21ClN2O. The molecule has 3 nitrogen and oxygen atoms in total. The van der Waals surface area contributed by atoms with E-state index in [4.69, 9.17) is 22.1 Å². The molecule has 18 heavy (non-hydrogen) atoms. The van der Waals surface area contributed by atoms with Crippen LogP contribution in [0.4, 0.5) is 5.69 Å². The lowest BCUT2D eigenvalue weighted by Gasteiger charge is -2.33. The van der Waals surface area contributed by atoms with E-state index in [1.807, 2.05) is 13.0 Å². The van der Waals surface area contributed by atoms with Crippen molar-refractivity contribution in [3.05, 3.63) is 28.8 Å². The highest BCUT2D eigenvalue weighted by Crippen LogP contribution is 2.30. The van der Waals surface area contributed by atoms with Gasteiger partial charge in [-0.1, -0.05) is 17.7 Å². The first-order valence-corrected chi connectivity index (χ1v) is 6.83. The van der Waals surface area contributed by atoms with Crippen LogP contribution in [0.2, 0.25) is 5.02 Å². The van der Waals surface area contributed by atoms with E-state index in [2.05, 4.69) is 24.1 Å². The molecule has 0 aliphatic carbocycles. The molecule has 2 rings (SSSR count). The summed E-state index contributed by atoms with van der Waals surface area (Å²) in [5.41, 5.74) is 8.01. The molecule has 1 aliphatic heterocycles.